The molecule has 2 amide bonds. The van der Waals surface area contributed by atoms with Gasteiger partial charge in [-0.25, -0.2) is 0 Å². The average molecular weight is 330 g/mol. The number of carbonyl (C=O) groups excluding carboxylic acids is 2. The Morgan fingerprint density at radius 2 is 1.71 bits per heavy atom. The minimum atomic E-state index is -0.470. The molecule has 1 heterocycles. The molecule has 0 radical (unpaired) electrons. The predicted molar refractivity (Wildman–Crippen MR) is 92.3 cm³/mol. The van der Waals surface area contributed by atoms with Crippen molar-refractivity contribution in [2.75, 3.05) is 11.9 Å². The highest BCUT2D eigenvalue weighted by atomic mass is 16.2. The summed E-state index contributed by atoms with van der Waals surface area (Å²) in [4.78, 5) is 35.4. The van der Waals surface area contributed by atoms with Crippen molar-refractivity contribution in [3.63, 3.8) is 0 Å². The van der Waals surface area contributed by atoms with Gasteiger partial charge in [-0.1, -0.05) is 32.9 Å². The van der Waals surface area contributed by atoms with Gasteiger partial charge in [-0.15, -0.1) is 0 Å². The number of rotatable bonds is 4. The van der Waals surface area contributed by atoms with E-state index < -0.39 is 11.5 Å². The molecule has 24 heavy (non-hydrogen) atoms. The third-order valence-corrected chi connectivity index (χ3v) is 3.65. The topological polar surface area (TPSA) is 107 Å². The van der Waals surface area contributed by atoms with Gasteiger partial charge >= 0.3 is 0 Å². The number of anilines is 1. The Labute approximate surface area is 139 Å². The summed E-state index contributed by atoms with van der Waals surface area (Å²) in [5.41, 5.74) is 1.88. The summed E-state index contributed by atoms with van der Waals surface area (Å²) in [6, 6.07) is 7.26. The molecule has 2 rings (SSSR count). The molecule has 0 fully saturated rings. The Hall–Kier alpha value is -2.83. The van der Waals surface area contributed by atoms with Crippen LogP contribution in [0.5, 0.6) is 0 Å². The van der Waals surface area contributed by atoms with Crippen LogP contribution in [0.2, 0.25) is 0 Å². The number of hydrogen-bond acceptors (Lipinski definition) is 3. The molecule has 7 heteroatoms. The van der Waals surface area contributed by atoms with E-state index in [0.29, 0.717) is 11.3 Å². The molecule has 0 aliphatic rings. The van der Waals surface area contributed by atoms with Crippen LogP contribution in [0.1, 0.15) is 42.4 Å². The highest BCUT2D eigenvalue weighted by Crippen LogP contribution is 2.22. The van der Waals surface area contributed by atoms with E-state index in [1.165, 1.54) is 0 Å². The first-order valence-corrected chi connectivity index (χ1v) is 7.64. The maximum absolute atomic E-state index is 12.1. The number of H-pyrrole nitrogens is 2. The summed E-state index contributed by atoms with van der Waals surface area (Å²) in [5.74, 6) is -0.812. The zero-order valence-corrected chi connectivity index (χ0v) is 14.2. The quantitative estimate of drug-likeness (QED) is 0.685. The van der Waals surface area contributed by atoms with E-state index in [1.54, 1.807) is 19.1 Å². The first-order chi connectivity index (χ1) is 11.2. The van der Waals surface area contributed by atoms with Crippen molar-refractivity contribution in [1.29, 1.82) is 0 Å². The molecule has 4 N–H and O–H groups in total. The van der Waals surface area contributed by atoms with Gasteiger partial charge in [0.15, 0.2) is 0 Å². The minimum Gasteiger partial charge on any atom is -0.343 e. The number of carbonyl (C=O) groups is 2. The first-order valence-electron chi connectivity index (χ1n) is 7.64. The number of hydrogen-bond donors (Lipinski definition) is 4. The van der Waals surface area contributed by atoms with Gasteiger partial charge in [-0.2, -0.15) is 0 Å². The molecule has 7 nitrogen and oxygen atoms in total. The van der Waals surface area contributed by atoms with E-state index in [1.807, 2.05) is 12.1 Å². The number of aromatic nitrogens is 2. The number of aryl methyl sites for hydroxylation is 1. The fourth-order valence-electron chi connectivity index (χ4n) is 2.16. The molecule has 0 unspecified atom stereocenters. The van der Waals surface area contributed by atoms with Crippen molar-refractivity contribution in [3.05, 3.63) is 51.4 Å². The van der Waals surface area contributed by atoms with Crippen molar-refractivity contribution in [3.8, 4) is 0 Å². The van der Waals surface area contributed by atoms with Crippen molar-refractivity contribution in [2.45, 2.75) is 33.1 Å². The molecular weight excluding hydrogens is 308 g/mol. The molecule has 0 aliphatic heterocycles. The number of aromatic amines is 2. The Balaban J connectivity index is 1.93. The van der Waals surface area contributed by atoms with Gasteiger partial charge < -0.3 is 15.7 Å². The van der Waals surface area contributed by atoms with Gasteiger partial charge in [0.2, 0.25) is 5.91 Å². The summed E-state index contributed by atoms with van der Waals surface area (Å²) in [6.45, 7) is 7.72. The van der Waals surface area contributed by atoms with Crippen LogP contribution in [0, 0.1) is 6.92 Å². The van der Waals surface area contributed by atoms with Crippen LogP contribution in [-0.2, 0) is 10.2 Å². The lowest BCUT2D eigenvalue weighted by Crippen LogP contribution is -2.33. The molecule has 0 saturated heterocycles. The first kappa shape index (κ1) is 17.5. The van der Waals surface area contributed by atoms with Gasteiger partial charge in [-0.3, -0.25) is 19.5 Å². The second-order valence-electron chi connectivity index (χ2n) is 6.64. The van der Waals surface area contributed by atoms with E-state index in [2.05, 4.69) is 41.6 Å². The molecular formula is C17H22N4O3. The normalized spacial score (nSPS) is 11.2. The van der Waals surface area contributed by atoms with Gasteiger partial charge in [-0.05, 0) is 30.0 Å². The fraction of sp³-hybridized carbons (Fsp3) is 0.353. The lowest BCUT2D eigenvalue weighted by Gasteiger charge is -2.19. The molecule has 0 spiro atoms. The molecule has 128 valence electrons. The highest BCUT2D eigenvalue weighted by Gasteiger charge is 2.15. The third kappa shape index (κ3) is 4.13. The van der Waals surface area contributed by atoms with E-state index in [4.69, 9.17) is 0 Å². The summed E-state index contributed by atoms with van der Waals surface area (Å²) >= 11 is 0. The highest BCUT2D eigenvalue weighted by molar-refractivity contribution is 5.99. The van der Waals surface area contributed by atoms with Crippen LogP contribution in [0.3, 0.4) is 0 Å². The molecule has 2 aromatic rings. The molecule has 0 saturated carbocycles. The number of nitrogens with one attached hydrogen (secondary N) is 4. The summed E-state index contributed by atoms with van der Waals surface area (Å²) in [7, 11) is 0. The Kier molecular flexibility index (Phi) is 4.92. The summed E-state index contributed by atoms with van der Waals surface area (Å²) < 4.78 is 0. The predicted octanol–water partition coefficient (Wildman–Crippen LogP) is 1.68. The van der Waals surface area contributed by atoms with Crippen molar-refractivity contribution in [2.24, 2.45) is 0 Å². The second-order valence-corrected chi connectivity index (χ2v) is 6.64. The van der Waals surface area contributed by atoms with Crippen LogP contribution in [-0.4, -0.2) is 28.6 Å². The van der Waals surface area contributed by atoms with Crippen LogP contribution in [0.25, 0.3) is 0 Å². The van der Waals surface area contributed by atoms with Crippen molar-refractivity contribution >= 4 is 17.5 Å². The Bertz CT molecular complexity index is 794. The maximum Gasteiger partial charge on any atom is 0.287 e. The summed E-state index contributed by atoms with van der Waals surface area (Å²) in [6.07, 6.45) is 0. The van der Waals surface area contributed by atoms with Crippen LogP contribution in [0.4, 0.5) is 5.69 Å². The standard InChI is InChI=1S/C17H22N4O3/c1-10-14(16(24)21-20-10)19-13(22)9-18-15(23)11-5-7-12(8-6-11)17(2,3)4/h5-8H,9H2,1-4H3,(H,18,23)(H,19,22)(H2,20,21,24). The van der Waals surface area contributed by atoms with Gasteiger partial charge in [0.05, 0.1) is 12.2 Å². The molecule has 0 atom stereocenters. The van der Waals surface area contributed by atoms with Crippen molar-refractivity contribution in [1.82, 2.24) is 15.5 Å². The minimum absolute atomic E-state index is 0.0103. The zero-order valence-electron chi connectivity index (χ0n) is 14.2. The number of benzene rings is 1. The fourth-order valence-corrected chi connectivity index (χ4v) is 2.16. The van der Waals surface area contributed by atoms with Gasteiger partial charge in [0, 0.05) is 5.56 Å². The monoisotopic (exact) mass is 330 g/mol. The van der Waals surface area contributed by atoms with Crippen LogP contribution in [0.15, 0.2) is 29.1 Å². The van der Waals surface area contributed by atoms with E-state index in [0.717, 1.165) is 5.56 Å². The molecule has 0 bridgehead atoms. The number of amides is 2. The lowest BCUT2D eigenvalue weighted by atomic mass is 9.87. The molecule has 1 aromatic heterocycles. The second kappa shape index (κ2) is 6.74. The van der Waals surface area contributed by atoms with Crippen molar-refractivity contribution < 1.29 is 9.59 Å². The Morgan fingerprint density at radius 3 is 2.21 bits per heavy atom. The lowest BCUT2D eigenvalue weighted by molar-refractivity contribution is -0.115. The third-order valence-electron chi connectivity index (χ3n) is 3.65. The molecule has 0 aliphatic carbocycles. The van der Waals surface area contributed by atoms with E-state index in [-0.39, 0.29) is 23.6 Å². The largest absolute Gasteiger partial charge is 0.343 e. The van der Waals surface area contributed by atoms with E-state index >= 15 is 0 Å². The SMILES string of the molecule is Cc1[nH][nH]c(=O)c1NC(=O)CNC(=O)c1ccc(C(C)(C)C)cc1. The van der Waals surface area contributed by atoms with E-state index in [9.17, 15) is 14.4 Å². The Morgan fingerprint density at radius 1 is 1.08 bits per heavy atom. The average Bonchev–Trinajstić information content (AvgIpc) is 2.84. The zero-order chi connectivity index (χ0) is 17.9. The molecule has 1 aromatic carbocycles. The van der Waals surface area contributed by atoms with Gasteiger partial charge in [0.1, 0.15) is 5.69 Å². The summed E-state index contributed by atoms with van der Waals surface area (Å²) in [5, 5.41) is 9.98. The smallest absolute Gasteiger partial charge is 0.287 e. The van der Waals surface area contributed by atoms with Gasteiger partial charge in [0.25, 0.3) is 11.5 Å². The maximum atomic E-state index is 12.1. The van der Waals surface area contributed by atoms with Crippen LogP contribution < -0.4 is 16.2 Å². The van der Waals surface area contributed by atoms with Crippen LogP contribution >= 0.6 is 0 Å².